The third-order valence-corrected chi connectivity index (χ3v) is 5.07. The van der Waals surface area contributed by atoms with Crippen molar-refractivity contribution >= 4 is 40.8 Å². The molecule has 0 saturated heterocycles. The van der Waals surface area contributed by atoms with Crippen molar-refractivity contribution in [3.05, 3.63) is 64.1 Å². The van der Waals surface area contributed by atoms with Crippen molar-refractivity contribution in [1.82, 2.24) is 10.2 Å². The van der Waals surface area contributed by atoms with Gasteiger partial charge in [0.2, 0.25) is 5.91 Å². The summed E-state index contributed by atoms with van der Waals surface area (Å²) in [7, 11) is 0. The van der Waals surface area contributed by atoms with E-state index in [1.54, 1.807) is 23.1 Å². The summed E-state index contributed by atoms with van der Waals surface area (Å²) in [4.78, 5) is 26.7. The molecular formula is C22H27Cl2N3O2. The van der Waals surface area contributed by atoms with Crippen LogP contribution >= 0.6 is 23.2 Å². The molecule has 0 aliphatic carbocycles. The molecule has 2 aromatic rings. The van der Waals surface area contributed by atoms with E-state index in [1.165, 1.54) is 0 Å². The lowest BCUT2D eigenvalue weighted by Gasteiger charge is -2.25. The predicted octanol–water partition coefficient (Wildman–Crippen LogP) is 5.75. The summed E-state index contributed by atoms with van der Waals surface area (Å²) in [6.45, 7) is 6.84. The van der Waals surface area contributed by atoms with Crippen molar-refractivity contribution in [2.24, 2.45) is 5.92 Å². The third kappa shape index (κ3) is 7.59. The predicted molar refractivity (Wildman–Crippen MR) is 120 cm³/mol. The van der Waals surface area contributed by atoms with Gasteiger partial charge in [-0.3, -0.25) is 4.79 Å². The van der Waals surface area contributed by atoms with Crippen molar-refractivity contribution in [1.29, 1.82) is 0 Å². The minimum absolute atomic E-state index is 0.0905. The van der Waals surface area contributed by atoms with Crippen molar-refractivity contribution in [3.63, 3.8) is 0 Å². The summed E-state index contributed by atoms with van der Waals surface area (Å²) < 4.78 is 0. The number of nitrogens with one attached hydrogen (secondary N) is 2. The largest absolute Gasteiger partial charge is 0.350 e. The third-order valence-electron chi connectivity index (χ3n) is 4.33. The number of hydrogen-bond donors (Lipinski definition) is 2. The maximum absolute atomic E-state index is 12.7. The lowest BCUT2D eigenvalue weighted by molar-refractivity contribution is -0.121. The second-order valence-corrected chi connectivity index (χ2v) is 8.16. The second-order valence-electron chi connectivity index (χ2n) is 7.35. The van der Waals surface area contributed by atoms with Crippen molar-refractivity contribution in [2.45, 2.75) is 33.2 Å². The number of nitrogens with zero attached hydrogens (tertiary/aromatic N) is 1. The first-order valence-electron chi connectivity index (χ1n) is 9.61. The molecule has 0 aliphatic rings. The highest BCUT2D eigenvalue weighted by atomic mass is 35.5. The summed E-state index contributed by atoms with van der Waals surface area (Å²) in [6.07, 6.45) is 0.221. The highest BCUT2D eigenvalue weighted by Gasteiger charge is 2.18. The maximum atomic E-state index is 12.7. The fourth-order valence-corrected chi connectivity index (χ4v) is 3.17. The summed E-state index contributed by atoms with van der Waals surface area (Å²) in [5.74, 6) is 0.165. The zero-order chi connectivity index (χ0) is 21.4. The highest BCUT2D eigenvalue weighted by molar-refractivity contribution is 6.42. The first kappa shape index (κ1) is 23.0. The molecule has 0 fully saturated rings. The van der Waals surface area contributed by atoms with Gasteiger partial charge in [0.1, 0.15) is 0 Å². The first-order valence-corrected chi connectivity index (χ1v) is 10.4. The second kappa shape index (κ2) is 11.1. The van der Waals surface area contributed by atoms with Crippen LogP contribution in [-0.2, 0) is 4.79 Å². The SMILES string of the molecule is CC(C)CN(CCC(=O)NC(C)c1ccccc1)C(=O)Nc1ccc(Cl)c(Cl)c1. The van der Waals surface area contributed by atoms with Gasteiger partial charge in [0, 0.05) is 25.2 Å². The van der Waals surface area contributed by atoms with Crippen molar-refractivity contribution in [2.75, 3.05) is 18.4 Å². The van der Waals surface area contributed by atoms with Crippen LogP contribution in [0.5, 0.6) is 0 Å². The molecule has 5 nitrogen and oxygen atoms in total. The Morgan fingerprint density at radius 1 is 1.00 bits per heavy atom. The lowest BCUT2D eigenvalue weighted by atomic mass is 10.1. The Balaban J connectivity index is 1.94. The fraction of sp³-hybridized carbons (Fsp3) is 0.364. The van der Waals surface area contributed by atoms with Crippen LogP contribution in [0.3, 0.4) is 0 Å². The first-order chi connectivity index (χ1) is 13.8. The molecule has 29 heavy (non-hydrogen) atoms. The quantitative estimate of drug-likeness (QED) is 0.554. The van der Waals surface area contributed by atoms with Gasteiger partial charge in [0.05, 0.1) is 16.1 Å². The zero-order valence-electron chi connectivity index (χ0n) is 16.9. The molecule has 0 saturated carbocycles. The van der Waals surface area contributed by atoms with Gasteiger partial charge in [-0.2, -0.15) is 0 Å². The molecule has 3 amide bonds. The standard InChI is InChI=1S/C22H27Cl2N3O2/c1-15(2)14-27(22(29)26-18-9-10-19(23)20(24)13-18)12-11-21(28)25-16(3)17-7-5-4-6-8-17/h4-10,13,15-16H,11-12,14H2,1-3H3,(H,25,28)(H,26,29). The minimum atomic E-state index is -0.277. The van der Waals surface area contributed by atoms with Crippen molar-refractivity contribution < 1.29 is 9.59 Å². The van der Waals surface area contributed by atoms with Crippen LogP contribution < -0.4 is 10.6 Å². The van der Waals surface area contributed by atoms with Gasteiger partial charge in [-0.1, -0.05) is 67.4 Å². The average Bonchev–Trinajstić information content (AvgIpc) is 2.68. The lowest BCUT2D eigenvalue weighted by Crippen LogP contribution is -2.40. The van der Waals surface area contributed by atoms with Crippen molar-refractivity contribution in [3.8, 4) is 0 Å². The molecule has 156 valence electrons. The van der Waals surface area contributed by atoms with Crippen LogP contribution in [0.4, 0.5) is 10.5 Å². The smallest absolute Gasteiger partial charge is 0.321 e. The van der Waals surface area contributed by atoms with Gasteiger partial charge in [-0.25, -0.2) is 4.79 Å². The maximum Gasteiger partial charge on any atom is 0.321 e. The van der Waals surface area contributed by atoms with Crippen LogP contribution in [-0.4, -0.2) is 29.9 Å². The summed E-state index contributed by atoms with van der Waals surface area (Å²) in [6, 6.07) is 14.3. The van der Waals surface area contributed by atoms with E-state index in [0.29, 0.717) is 28.8 Å². The molecule has 0 spiro atoms. The van der Waals surface area contributed by atoms with Gasteiger partial charge in [0.25, 0.3) is 0 Å². The van der Waals surface area contributed by atoms with E-state index in [1.807, 2.05) is 51.1 Å². The van der Waals surface area contributed by atoms with Crippen LogP contribution in [0.1, 0.15) is 38.8 Å². The van der Waals surface area contributed by atoms with E-state index in [4.69, 9.17) is 23.2 Å². The normalized spacial score (nSPS) is 11.8. The molecule has 1 unspecified atom stereocenters. The number of anilines is 1. The topological polar surface area (TPSA) is 61.4 Å². The summed E-state index contributed by atoms with van der Waals surface area (Å²) in [5.41, 5.74) is 1.59. The van der Waals surface area contributed by atoms with Crippen LogP contribution in [0.2, 0.25) is 10.0 Å². The molecular weight excluding hydrogens is 409 g/mol. The molecule has 7 heteroatoms. The molecule has 0 bridgehead atoms. The molecule has 0 aromatic heterocycles. The number of hydrogen-bond acceptors (Lipinski definition) is 2. The fourth-order valence-electron chi connectivity index (χ4n) is 2.87. The monoisotopic (exact) mass is 435 g/mol. The molecule has 1 atom stereocenters. The van der Waals surface area contributed by atoms with E-state index >= 15 is 0 Å². The number of rotatable bonds is 8. The average molecular weight is 436 g/mol. The van der Waals surface area contributed by atoms with Crippen LogP contribution in [0.15, 0.2) is 48.5 Å². The number of carbonyl (C=O) groups is 2. The molecule has 0 heterocycles. The van der Waals surface area contributed by atoms with E-state index in [9.17, 15) is 9.59 Å². The van der Waals surface area contributed by atoms with E-state index < -0.39 is 0 Å². The Kier molecular flexibility index (Phi) is 8.80. The summed E-state index contributed by atoms with van der Waals surface area (Å²) in [5, 5.41) is 6.59. The van der Waals surface area contributed by atoms with Gasteiger partial charge in [0.15, 0.2) is 0 Å². The van der Waals surface area contributed by atoms with E-state index in [2.05, 4.69) is 10.6 Å². The zero-order valence-corrected chi connectivity index (χ0v) is 18.4. The minimum Gasteiger partial charge on any atom is -0.350 e. The number of urea groups is 1. The van der Waals surface area contributed by atoms with Crippen LogP contribution in [0.25, 0.3) is 0 Å². The van der Waals surface area contributed by atoms with E-state index in [-0.39, 0.29) is 30.3 Å². The Morgan fingerprint density at radius 3 is 2.31 bits per heavy atom. The van der Waals surface area contributed by atoms with Gasteiger partial charge in [-0.05, 0) is 36.6 Å². The Hall–Kier alpha value is -2.24. The molecule has 0 aliphatic heterocycles. The number of carbonyl (C=O) groups excluding carboxylic acids is 2. The number of halogens is 2. The van der Waals surface area contributed by atoms with Gasteiger partial charge in [-0.15, -0.1) is 0 Å². The Bertz CT molecular complexity index is 828. The van der Waals surface area contributed by atoms with E-state index in [0.717, 1.165) is 5.56 Å². The molecule has 0 radical (unpaired) electrons. The van der Waals surface area contributed by atoms with Gasteiger partial charge < -0.3 is 15.5 Å². The molecule has 2 N–H and O–H groups in total. The molecule has 2 rings (SSSR count). The van der Waals surface area contributed by atoms with Gasteiger partial charge >= 0.3 is 6.03 Å². The highest BCUT2D eigenvalue weighted by Crippen LogP contribution is 2.25. The Labute approximate surface area is 182 Å². The Morgan fingerprint density at radius 2 is 1.69 bits per heavy atom. The molecule has 2 aromatic carbocycles. The number of amides is 3. The number of benzene rings is 2. The summed E-state index contributed by atoms with van der Waals surface area (Å²) >= 11 is 11.9. The van der Waals surface area contributed by atoms with Crippen LogP contribution in [0, 0.1) is 5.92 Å².